The molecule has 1 unspecified atom stereocenters. The smallest absolute Gasteiger partial charge is 0.133 e. The van der Waals surface area contributed by atoms with Crippen molar-refractivity contribution in [3.63, 3.8) is 0 Å². The van der Waals surface area contributed by atoms with Crippen LogP contribution in [-0.4, -0.2) is 42.4 Å². The van der Waals surface area contributed by atoms with Crippen molar-refractivity contribution in [2.75, 3.05) is 19.8 Å². The molecular formula is C13H28N2O2. The number of rotatable bonds is 5. The van der Waals surface area contributed by atoms with Gasteiger partial charge in [-0.05, 0) is 54.0 Å². The Kier molecular flexibility index (Phi) is 5.86. The molecule has 0 amide bonds. The maximum atomic E-state index is 5.22. The maximum absolute atomic E-state index is 5.22. The van der Waals surface area contributed by atoms with Gasteiger partial charge >= 0.3 is 0 Å². The molecule has 4 heteroatoms. The summed E-state index contributed by atoms with van der Waals surface area (Å²) in [6.07, 6.45) is 2.48. The second kappa shape index (κ2) is 6.69. The Labute approximate surface area is 106 Å². The molecule has 0 radical (unpaired) electrons. The molecule has 0 aliphatic carbocycles. The van der Waals surface area contributed by atoms with Crippen LogP contribution in [0.2, 0.25) is 0 Å². The van der Waals surface area contributed by atoms with Crippen LogP contribution in [-0.2, 0) is 9.78 Å². The van der Waals surface area contributed by atoms with Crippen molar-refractivity contribution in [2.24, 2.45) is 0 Å². The third-order valence-corrected chi connectivity index (χ3v) is 2.92. The molecule has 1 fully saturated rings. The largest absolute Gasteiger partial charge is 0.299 e. The van der Waals surface area contributed by atoms with Gasteiger partial charge in [-0.1, -0.05) is 0 Å². The minimum Gasteiger partial charge on any atom is -0.299 e. The van der Waals surface area contributed by atoms with Gasteiger partial charge in [0.25, 0.3) is 0 Å². The van der Waals surface area contributed by atoms with Crippen molar-refractivity contribution in [3.8, 4) is 0 Å². The molecule has 1 aliphatic heterocycles. The molecule has 0 bridgehead atoms. The Balaban J connectivity index is 2.15. The van der Waals surface area contributed by atoms with Gasteiger partial charge in [-0.15, -0.1) is 0 Å². The van der Waals surface area contributed by atoms with Gasteiger partial charge in [0.15, 0.2) is 0 Å². The summed E-state index contributed by atoms with van der Waals surface area (Å²) < 4.78 is 0. The third-order valence-electron chi connectivity index (χ3n) is 2.92. The lowest BCUT2D eigenvalue weighted by molar-refractivity contribution is -0.352. The second-order valence-electron chi connectivity index (χ2n) is 6.09. The second-order valence-corrected chi connectivity index (χ2v) is 6.09. The van der Waals surface area contributed by atoms with E-state index in [0.717, 1.165) is 6.54 Å². The summed E-state index contributed by atoms with van der Waals surface area (Å²) in [6.45, 7) is 13.2. The Morgan fingerprint density at radius 1 is 1.35 bits per heavy atom. The molecule has 1 atom stereocenters. The lowest BCUT2D eigenvalue weighted by Gasteiger charge is -2.35. The first-order valence-corrected chi connectivity index (χ1v) is 6.66. The molecule has 4 nitrogen and oxygen atoms in total. The van der Waals surface area contributed by atoms with Crippen molar-refractivity contribution in [2.45, 2.75) is 65.1 Å². The minimum atomic E-state index is -0.238. The van der Waals surface area contributed by atoms with Gasteiger partial charge in [-0.2, -0.15) is 0 Å². The molecule has 1 saturated heterocycles. The lowest BCUT2D eigenvalue weighted by atomic mass is 10.0. The standard InChI is InChI=1S/C13H28N2O2/c1-11(2)15-8-6-7-12(9-15)14-10-16-17-13(3,4)5/h11-12,14H,6-10H2,1-5H3. The van der Waals surface area contributed by atoms with Gasteiger partial charge in [0, 0.05) is 18.6 Å². The lowest BCUT2D eigenvalue weighted by Crippen LogP contribution is -2.48. The molecule has 1 rings (SSSR count). The van der Waals surface area contributed by atoms with E-state index >= 15 is 0 Å². The molecule has 1 N–H and O–H groups in total. The van der Waals surface area contributed by atoms with Crippen molar-refractivity contribution in [3.05, 3.63) is 0 Å². The van der Waals surface area contributed by atoms with Crippen LogP contribution in [0.1, 0.15) is 47.5 Å². The summed E-state index contributed by atoms with van der Waals surface area (Å²) in [5.74, 6) is 0. The fourth-order valence-electron chi connectivity index (χ4n) is 2.00. The first-order valence-electron chi connectivity index (χ1n) is 6.66. The average Bonchev–Trinajstić information content (AvgIpc) is 2.23. The predicted octanol–water partition coefficient (Wildman–Crippen LogP) is 2.15. The van der Waals surface area contributed by atoms with Crippen molar-refractivity contribution in [1.82, 2.24) is 10.2 Å². The van der Waals surface area contributed by atoms with Crippen LogP contribution in [0.15, 0.2) is 0 Å². The first-order chi connectivity index (χ1) is 7.88. The molecule has 0 saturated carbocycles. The number of piperidine rings is 1. The summed E-state index contributed by atoms with van der Waals surface area (Å²) >= 11 is 0. The van der Waals surface area contributed by atoms with E-state index in [1.165, 1.54) is 19.4 Å². The molecule has 0 aromatic heterocycles. The van der Waals surface area contributed by atoms with Crippen molar-refractivity contribution >= 4 is 0 Å². The highest BCUT2D eigenvalue weighted by atomic mass is 17.2. The molecule has 17 heavy (non-hydrogen) atoms. The summed E-state index contributed by atoms with van der Waals surface area (Å²) in [5.41, 5.74) is -0.238. The van der Waals surface area contributed by atoms with Gasteiger partial charge in [-0.25, -0.2) is 9.78 Å². The van der Waals surface area contributed by atoms with Gasteiger partial charge in [-0.3, -0.25) is 10.2 Å². The van der Waals surface area contributed by atoms with Gasteiger partial charge in [0.2, 0.25) is 0 Å². The van der Waals surface area contributed by atoms with Crippen molar-refractivity contribution < 1.29 is 9.78 Å². The number of hydrogen-bond acceptors (Lipinski definition) is 4. The van der Waals surface area contributed by atoms with E-state index in [2.05, 4.69) is 24.1 Å². The molecule has 1 heterocycles. The van der Waals surface area contributed by atoms with Crippen LogP contribution in [0, 0.1) is 0 Å². The minimum absolute atomic E-state index is 0.238. The van der Waals surface area contributed by atoms with E-state index in [9.17, 15) is 0 Å². The molecule has 0 aromatic carbocycles. The number of nitrogens with zero attached hydrogens (tertiary/aromatic N) is 1. The molecular weight excluding hydrogens is 216 g/mol. The van der Waals surface area contributed by atoms with E-state index in [1.807, 2.05) is 20.8 Å². The SMILES string of the molecule is CC(C)N1CCCC(NCOOC(C)(C)C)C1. The van der Waals surface area contributed by atoms with Crippen LogP contribution in [0.5, 0.6) is 0 Å². The van der Waals surface area contributed by atoms with Crippen molar-refractivity contribution in [1.29, 1.82) is 0 Å². The number of nitrogens with one attached hydrogen (secondary N) is 1. The van der Waals surface area contributed by atoms with Crippen LogP contribution >= 0.6 is 0 Å². The van der Waals surface area contributed by atoms with E-state index in [4.69, 9.17) is 9.78 Å². The Bertz CT molecular complexity index is 214. The van der Waals surface area contributed by atoms with E-state index < -0.39 is 0 Å². The quantitative estimate of drug-likeness (QED) is 0.348. The zero-order valence-electron chi connectivity index (χ0n) is 12.0. The summed E-state index contributed by atoms with van der Waals surface area (Å²) in [5, 5.41) is 3.39. The topological polar surface area (TPSA) is 33.7 Å². The monoisotopic (exact) mass is 244 g/mol. The van der Waals surface area contributed by atoms with E-state index in [1.54, 1.807) is 0 Å². The van der Waals surface area contributed by atoms with E-state index in [0.29, 0.717) is 18.8 Å². The summed E-state index contributed by atoms with van der Waals surface area (Å²) in [6, 6.07) is 1.15. The van der Waals surface area contributed by atoms with Crippen LogP contribution in [0.4, 0.5) is 0 Å². The third kappa shape index (κ3) is 6.36. The Morgan fingerprint density at radius 3 is 2.65 bits per heavy atom. The zero-order valence-corrected chi connectivity index (χ0v) is 12.0. The van der Waals surface area contributed by atoms with E-state index in [-0.39, 0.29) is 5.60 Å². The molecule has 0 aromatic rings. The summed E-state index contributed by atoms with van der Waals surface area (Å²) in [4.78, 5) is 12.9. The number of likely N-dealkylation sites (tertiary alicyclic amines) is 1. The Hall–Kier alpha value is -0.160. The predicted molar refractivity (Wildman–Crippen MR) is 69.7 cm³/mol. The van der Waals surface area contributed by atoms with Crippen LogP contribution < -0.4 is 5.32 Å². The van der Waals surface area contributed by atoms with Gasteiger partial charge < -0.3 is 0 Å². The molecule has 1 aliphatic rings. The normalized spacial score (nSPS) is 23.3. The van der Waals surface area contributed by atoms with Gasteiger partial charge in [0.1, 0.15) is 6.73 Å². The maximum Gasteiger partial charge on any atom is 0.133 e. The highest BCUT2D eigenvalue weighted by Crippen LogP contribution is 2.13. The zero-order chi connectivity index (χ0) is 12.9. The average molecular weight is 244 g/mol. The highest BCUT2D eigenvalue weighted by molar-refractivity contribution is 4.78. The fourth-order valence-corrected chi connectivity index (χ4v) is 2.00. The molecule has 102 valence electrons. The fraction of sp³-hybridized carbons (Fsp3) is 1.00. The van der Waals surface area contributed by atoms with Crippen LogP contribution in [0.3, 0.4) is 0 Å². The molecule has 0 spiro atoms. The van der Waals surface area contributed by atoms with Crippen LogP contribution in [0.25, 0.3) is 0 Å². The Morgan fingerprint density at radius 2 is 2.06 bits per heavy atom. The van der Waals surface area contributed by atoms with Gasteiger partial charge in [0.05, 0.1) is 5.60 Å². The first kappa shape index (κ1) is 14.9. The highest BCUT2D eigenvalue weighted by Gasteiger charge is 2.21. The number of hydrogen-bond donors (Lipinski definition) is 1. The summed E-state index contributed by atoms with van der Waals surface area (Å²) in [7, 11) is 0.